The fourth-order valence-electron chi connectivity index (χ4n) is 1.30. The van der Waals surface area contributed by atoms with Crippen LogP contribution in [-0.4, -0.2) is 19.2 Å². The number of carbonyl (C=O) groups is 1. The van der Waals surface area contributed by atoms with Crippen molar-refractivity contribution in [1.29, 1.82) is 0 Å². The molecule has 0 saturated heterocycles. The third-order valence-electron chi connectivity index (χ3n) is 2.29. The van der Waals surface area contributed by atoms with Crippen molar-refractivity contribution in [2.24, 2.45) is 0 Å². The van der Waals surface area contributed by atoms with Crippen LogP contribution in [0.15, 0.2) is 18.2 Å². The highest BCUT2D eigenvalue weighted by atomic mass is 16.5. The molecule has 1 fully saturated rings. The highest BCUT2D eigenvalue weighted by Crippen LogP contribution is 2.32. The molecule has 4 nitrogen and oxygen atoms in total. The van der Waals surface area contributed by atoms with Gasteiger partial charge in [-0.3, -0.25) is 0 Å². The van der Waals surface area contributed by atoms with Crippen LogP contribution < -0.4 is 10.5 Å². The lowest BCUT2D eigenvalue weighted by molar-refractivity contribution is 0.0601. The second-order valence-electron chi connectivity index (χ2n) is 3.53. The summed E-state index contributed by atoms with van der Waals surface area (Å²) >= 11 is 0. The van der Waals surface area contributed by atoms with E-state index in [4.69, 9.17) is 10.5 Å². The molecule has 2 N–H and O–H groups in total. The molecule has 0 amide bonds. The van der Waals surface area contributed by atoms with E-state index in [1.807, 2.05) is 0 Å². The fraction of sp³-hybridized carbons (Fsp3) is 0.364. The first-order chi connectivity index (χ1) is 7.22. The van der Waals surface area contributed by atoms with Gasteiger partial charge in [0.25, 0.3) is 0 Å². The third kappa shape index (κ3) is 2.03. The molecule has 15 heavy (non-hydrogen) atoms. The molecule has 0 radical (unpaired) electrons. The summed E-state index contributed by atoms with van der Waals surface area (Å²) in [5.41, 5.74) is 6.52. The predicted octanol–water partition coefficient (Wildman–Crippen LogP) is 1.60. The molecular formula is C11H13NO3. The van der Waals surface area contributed by atoms with Gasteiger partial charge in [-0.05, 0) is 25.0 Å². The summed E-state index contributed by atoms with van der Waals surface area (Å²) in [6.07, 6.45) is 2.38. The largest absolute Gasteiger partial charge is 0.488 e. The van der Waals surface area contributed by atoms with E-state index in [0.29, 0.717) is 17.0 Å². The number of methoxy groups -OCH3 is 1. The first-order valence-electron chi connectivity index (χ1n) is 4.86. The SMILES string of the molecule is COC(=O)c1cccc(OC2CC2)c1N. The molecular weight excluding hydrogens is 194 g/mol. The molecule has 1 aliphatic rings. The summed E-state index contributed by atoms with van der Waals surface area (Å²) in [5, 5.41) is 0. The van der Waals surface area contributed by atoms with Gasteiger partial charge in [0.15, 0.2) is 0 Å². The summed E-state index contributed by atoms with van der Waals surface area (Å²) in [6, 6.07) is 5.13. The van der Waals surface area contributed by atoms with Crippen LogP contribution in [0.1, 0.15) is 23.2 Å². The van der Waals surface area contributed by atoms with Crippen molar-refractivity contribution in [2.75, 3.05) is 12.8 Å². The van der Waals surface area contributed by atoms with Crippen molar-refractivity contribution in [3.63, 3.8) is 0 Å². The van der Waals surface area contributed by atoms with Gasteiger partial charge in [0.2, 0.25) is 0 Å². The van der Waals surface area contributed by atoms with E-state index in [9.17, 15) is 4.79 Å². The molecule has 80 valence electrons. The first kappa shape index (κ1) is 9.83. The van der Waals surface area contributed by atoms with E-state index >= 15 is 0 Å². The van der Waals surface area contributed by atoms with Gasteiger partial charge in [0, 0.05) is 0 Å². The van der Waals surface area contributed by atoms with E-state index < -0.39 is 5.97 Å². The van der Waals surface area contributed by atoms with Gasteiger partial charge in [-0.2, -0.15) is 0 Å². The number of hydrogen-bond donors (Lipinski definition) is 1. The van der Waals surface area contributed by atoms with Gasteiger partial charge in [0.05, 0.1) is 24.5 Å². The quantitative estimate of drug-likeness (QED) is 0.604. The average Bonchev–Trinajstić information content (AvgIpc) is 3.04. The number of para-hydroxylation sites is 1. The van der Waals surface area contributed by atoms with Gasteiger partial charge < -0.3 is 15.2 Å². The average molecular weight is 207 g/mol. The zero-order chi connectivity index (χ0) is 10.8. The van der Waals surface area contributed by atoms with Crippen molar-refractivity contribution in [2.45, 2.75) is 18.9 Å². The molecule has 1 aromatic rings. The van der Waals surface area contributed by atoms with E-state index in [1.54, 1.807) is 18.2 Å². The fourth-order valence-corrected chi connectivity index (χ4v) is 1.30. The minimum absolute atomic E-state index is 0.264. The number of esters is 1. The van der Waals surface area contributed by atoms with Gasteiger partial charge >= 0.3 is 5.97 Å². The molecule has 0 unspecified atom stereocenters. The Morgan fingerprint density at radius 2 is 2.20 bits per heavy atom. The number of benzene rings is 1. The molecule has 0 bridgehead atoms. The Morgan fingerprint density at radius 3 is 2.80 bits per heavy atom. The van der Waals surface area contributed by atoms with Crippen LogP contribution >= 0.6 is 0 Å². The molecule has 0 heterocycles. The molecule has 1 saturated carbocycles. The molecule has 1 aliphatic carbocycles. The number of hydrogen-bond acceptors (Lipinski definition) is 4. The minimum Gasteiger partial charge on any atom is -0.488 e. The molecule has 2 rings (SSSR count). The Morgan fingerprint density at radius 1 is 1.47 bits per heavy atom. The molecule has 0 atom stereocenters. The normalized spacial score (nSPS) is 14.7. The van der Waals surface area contributed by atoms with Crippen LogP contribution in [0.5, 0.6) is 5.75 Å². The Labute approximate surface area is 88.0 Å². The lowest BCUT2D eigenvalue weighted by Gasteiger charge is -2.10. The van der Waals surface area contributed by atoms with Gasteiger partial charge in [0.1, 0.15) is 5.75 Å². The van der Waals surface area contributed by atoms with Crippen molar-refractivity contribution in [3.05, 3.63) is 23.8 Å². The van der Waals surface area contributed by atoms with Crippen LogP contribution in [-0.2, 0) is 4.74 Å². The van der Waals surface area contributed by atoms with E-state index in [-0.39, 0.29) is 6.10 Å². The van der Waals surface area contributed by atoms with Crippen molar-refractivity contribution >= 4 is 11.7 Å². The van der Waals surface area contributed by atoms with Crippen molar-refractivity contribution in [3.8, 4) is 5.75 Å². The van der Waals surface area contributed by atoms with Crippen LogP contribution in [0.4, 0.5) is 5.69 Å². The maximum atomic E-state index is 11.3. The number of ether oxygens (including phenoxy) is 2. The maximum Gasteiger partial charge on any atom is 0.340 e. The van der Waals surface area contributed by atoms with Crippen LogP contribution in [0.2, 0.25) is 0 Å². The van der Waals surface area contributed by atoms with Crippen LogP contribution in [0.3, 0.4) is 0 Å². The Kier molecular flexibility index (Phi) is 2.49. The lowest BCUT2D eigenvalue weighted by atomic mass is 10.1. The zero-order valence-electron chi connectivity index (χ0n) is 8.53. The third-order valence-corrected chi connectivity index (χ3v) is 2.29. The molecule has 0 aliphatic heterocycles. The highest BCUT2D eigenvalue weighted by Gasteiger charge is 2.25. The Balaban J connectivity index is 2.27. The van der Waals surface area contributed by atoms with Gasteiger partial charge in [-0.25, -0.2) is 4.79 Å². The number of rotatable bonds is 3. The van der Waals surface area contributed by atoms with Crippen molar-refractivity contribution in [1.82, 2.24) is 0 Å². The number of carbonyl (C=O) groups excluding carboxylic acids is 1. The van der Waals surface area contributed by atoms with Crippen molar-refractivity contribution < 1.29 is 14.3 Å². The summed E-state index contributed by atoms with van der Waals surface area (Å²) in [7, 11) is 1.33. The van der Waals surface area contributed by atoms with E-state index in [1.165, 1.54) is 7.11 Å². The Bertz CT molecular complexity index is 385. The Hall–Kier alpha value is -1.71. The number of nitrogen functional groups attached to an aromatic ring is 1. The molecule has 0 aromatic heterocycles. The minimum atomic E-state index is -0.436. The monoisotopic (exact) mass is 207 g/mol. The summed E-state index contributed by atoms with van der Waals surface area (Å²) in [4.78, 5) is 11.3. The summed E-state index contributed by atoms with van der Waals surface area (Å²) in [6.45, 7) is 0. The number of anilines is 1. The van der Waals surface area contributed by atoms with E-state index in [2.05, 4.69) is 4.74 Å². The predicted molar refractivity (Wildman–Crippen MR) is 55.8 cm³/mol. The smallest absolute Gasteiger partial charge is 0.340 e. The molecule has 1 aromatic carbocycles. The van der Waals surface area contributed by atoms with Gasteiger partial charge in [-0.1, -0.05) is 6.07 Å². The first-order valence-corrected chi connectivity index (χ1v) is 4.86. The second-order valence-corrected chi connectivity index (χ2v) is 3.53. The molecule has 4 heteroatoms. The standard InChI is InChI=1S/C11H13NO3/c1-14-11(13)8-3-2-4-9(10(8)12)15-7-5-6-7/h2-4,7H,5-6,12H2,1H3. The number of nitrogens with two attached hydrogens (primary N) is 1. The highest BCUT2D eigenvalue weighted by molar-refractivity contribution is 5.96. The second kappa shape index (κ2) is 3.81. The summed E-state index contributed by atoms with van der Waals surface area (Å²) < 4.78 is 10.2. The zero-order valence-corrected chi connectivity index (χ0v) is 8.53. The lowest BCUT2D eigenvalue weighted by Crippen LogP contribution is -2.08. The summed E-state index contributed by atoms with van der Waals surface area (Å²) in [5.74, 6) is 0.133. The van der Waals surface area contributed by atoms with Gasteiger partial charge in [-0.15, -0.1) is 0 Å². The van der Waals surface area contributed by atoms with E-state index in [0.717, 1.165) is 12.8 Å². The molecule has 0 spiro atoms. The maximum absolute atomic E-state index is 11.3. The van der Waals surface area contributed by atoms with Crippen LogP contribution in [0.25, 0.3) is 0 Å². The van der Waals surface area contributed by atoms with Crippen LogP contribution in [0, 0.1) is 0 Å². The topological polar surface area (TPSA) is 61.5 Å².